The third kappa shape index (κ3) is 8.07. The average molecular weight is 564 g/mol. The van der Waals surface area contributed by atoms with Crippen LogP contribution in [0.2, 0.25) is 0 Å². The Morgan fingerprint density at radius 3 is 2.90 bits per heavy atom. The van der Waals surface area contributed by atoms with Gasteiger partial charge in [-0.2, -0.15) is 0 Å². The minimum absolute atomic E-state index is 0. The van der Waals surface area contributed by atoms with Crippen LogP contribution in [0.1, 0.15) is 23.7 Å². The van der Waals surface area contributed by atoms with Crippen LogP contribution in [0, 0.1) is 12.8 Å². The highest BCUT2D eigenvalue weighted by Crippen LogP contribution is 2.29. The first kappa shape index (κ1) is 25.5. The molecule has 0 radical (unpaired) electrons. The minimum atomic E-state index is 0. The lowest BCUT2D eigenvalue weighted by Gasteiger charge is -2.34. The minimum Gasteiger partial charge on any atom is -0.374 e. The fourth-order valence-corrected chi connectivity index (χ4v) is 5.10. The lowest BCUT2D eigenvalue weighted by Crippen LogP contribution is -2.50. The quantitative estimate of drug-likeness (QED) is 0.290. The van der Waals surface area contributed by atoms with Crippen LogP contribution >= 0.6 is 46.7 Å². The Balaban J connectivity index is 0.00000320. The highest BCUT2D eigenvalue weighted by Gasteiger charge is 2.21. The molecule has 30 heavy (non-hydrogen) atoms. The molecule has 0 aromatic carbocycles. The summed E-state index contributed by atoms with van der Waals surface area (Å²) in [4.78, 5) is 14.0. The van der Waals surface area contributed by atoms with Crippen LogP contribution in [0.25, 0.3) is 10.6 Å². The lowest BCUT2D eigenvalue weighted by molar-refractivity contribution is -0.0284. The molecule has 1 atom stereocenters. The molecular formula is C21H34IN5OS2. The Morgan fingerprint density at radius 1 is 1.37 bits per heavy atom. The number of thiazole rings is 1. The van der Waals surface area contributed by atoms with Crippen molar-refractivity contribution in [3.8, 4) is 10.6 Å². The van der Waals surface area contributed by atoms with Crippen molar-refractivity contribution in [3.63, 3.8) is 0 Å². The molecule has 2 aromatic rings. The van der Waals surface area contributed by atoms with Gasteiger partial charge in [0, 0.05) is 50.0 Å². The predicted molar refractivity (Wildman–Crippen MR) is 140 cm³/mol. The third-order valence-electron chi connectivity index (χ3n) is 4.76. The van der Waals surface area contributed by atoms with Gasteiger partial charge in [-0.1, -0.05) is 13.8 Å². The lowest BCUT2D eigenvalue weighted by atomic mass is 10.2. The van der Waals surface area contributed by atoms with Gasteiger partial charge in [-0.3, -0.25) is 9.89 Å². The van der Waals surface area contributed by atoms with Gasteiger partial charge in [-0.25, -0.2) is 4.98 Å². The summed E-state index contributed by atoms with van der Waals surface area (Å²) in [7, 11) is 1.82. The molecule has 1 unspecified atom stereocenters. The first-order valence-corrected chi connectivity index (χ1v) is 12.0. The fraction of sp³-hybridized carbons (Fsp3) is 0.619. The molecule has 3 rings (SSSR count). The molecule has 1 aliphatic rings. The van der Waals surface area contributed by atoms with Gasteiger partial charge in [-0.05, 0) is 31.4 Å². The Kier molecular flexibility index (Phi) is 11.0. The zero-order valence-corrected chi connectivity index (χ0v) is 22.3. The van der Waals surface area contributed by atoms with E-state index in [4.69, 9.17) is 4.74 Å². The second-order valence-electron chi connectivity index (χ2n) is 7.79. The zero-order valence-electron chi connectivity index (χ0n) is 18.3. The molecule has 2 N–H and O–H groups in total. The van der Waals surface area contributed by atoms with Gasteiger partial charge >= 0.3 is 0 Å². The van der Waals surface area contributed by atoms with Gasteiger partial charge in [0.2, 0.25) is 0 Å². The van der Waals surface area contributed by atoms with Gasteiger partial charge in [0.1, 0.15) is 0 Å². The summed E-state index contributed by atoms with van der Waals surface area (Å²) in [5, 5.41) is 10.1. The van der Waals surface area contributed by atoms with Crippen LogP contribution in [0.5, 0.6) is 0 Å². The summed E-state index contributed by atoms with van der Waals surface area (Å²) in [5.74, 6) is 1.52. The van der Waals surface area contributed by atoms with E-state index in [1.807, 2.05) is 25.3 Å². The summed E-state index contributed by atoms with van der Waals surface area (Å²) in [6.07, 6.45) is 1.18. The van der Waals surface area contributed by atoms with E-state index in [9.17, 15) is 0 Å². The van der Waals surface area contributed by atoms with Crippen LogP contribution < -0.4 is 10.6 Å². The number of halogens is 1. The average Bonchev–Trinajstić information content (AvgIpc) is 3.33. The number of aryl methyl sites for hydroxylation is 1. The van der Waals surface area contributed by atoms with Crippen LogP contribution in [0.4, 0.5) is 0 Å². The molecule has 168 valence electrons. The van der Waals surface area contributed by atoms with Crippen molar-refractivity contribution in [2.75, 3.05) is 46.4 Å². The Hall–Kier alpha value is -0.750. The molecule has 0 bridgehead atoms. The van der Waals surface area contributed by atoms with Gasteiger partial charge in [0.25, 0.3) is 0 Å². The maximum atomic E-state index is 5.91. The van der Waals surface area contributed by atoms with E-state index in [0.29, 0.717) is 5.92 Å². The predicted octanol–water partition coefficient (Wildman–Crippen LogP) is 3.86. The summed E-state index contributed by atoms with van der Waals surface area (Å²) in [6.45, 7) is 12.2. The molecule has 1 saturated heterocycles. The van der Waals surface area contributed by atoms with Gasteiger partial charge in [-0.15, -0.1) is 46.7 Å². The Morgan fingerprint density at radius 2 is 2.20 bits per heavy atom. The van der Waals surface area contributed by atoms with Crippen molar-refractivity contribution in [3.05, 3.63) is 27.4 Å². The number of nitrogens with one attached hydrogen (secondary N) is 2. The molecule has 9 heteroatoms. The molecule has 1 fully saturated rings. The standard InChI is InChI=1S/C21H33N5OS2.HI/c1-15(2)12-26-9-10-27-17(13-26)11-24-21(22-4)23-8-7-18-5-6-20(29-18)19-14-28-16(3)25-19;/h5-6,14-15,17H,7-13H2,1-4H3,(H2,22,23,24);1H. The van der Waals surface area contributed by atoms with Crippen molar-refractivity contribution in [2.24, 2.45) is 10.9 Å². The maximum Gasteiger partial charge on any atom is 0.191 e. The molecule has 0 aliphatic carbocycles. The summed E-state index contributed by atoms with van der Waals surface area (Å²) < 4.78 is 5.91. The molecule has 0 spiro atoms. The van der Waals surface area contributed by atoms with E-state index in [2.05, 4.69) is 56.9 Å². The number of guanidine groups is 1. The van der Waals surface area contributed by atoms with Crippen LogP contribution in [0.15, 0.2) is 22.5 Å². The van der Waals surface area contributed by atoms with Crippen molar-refractivity contribution in [1.29, 1.82) is 0 Å². The van der Waals surface area contributed by atoms with Crippen LogP contribution in [0.3, 0.4) is 0 Å². The second-order valence-corrected chi connectivity index (χ2v) is 10.0. The molecule has 6 nitrogen and oxygen atoms in total. The summed E-state index contributed by atoms with van der Waals surface area (Å²) in [6, 6.07) is 4.37. The molecule has 0 saturated carbocycles. The monoisotopic (exact) mass is 563 g/mol. The normalized spacial score (nSPS) is 17.8. The number of rotatable bonds is 8. The molecular weight excluding hydrogens is 529 g/mol. The van der Waals surface area contributed by atoms with Crippen molar-refractivity contribution >= 4 is 52.6 Å². The third-order valence-corrected chi connectivity index (χ3v) is 6.71. The van der Waals surface area contributed by atoms with Crippen LogP contribution in [-0.2, 0) is 11.2 Å². The molecule has 2 aromatic heterocycles. The Bertz CT molecular complexity index is 792. The first-order valence-electron chi connectivity index (χ1n) is 10.3. The number of hydrogen-bond donors (Lipinski definition) is 2. The smallest absolute Gasteiger partial charge is 0.191 e. The van der Waals surface area contributed by atoms with E-state index in [1.165, 1.54) is 9.75 Å². The largest absolute Gasteiger partial charge is 0.374 e. The Labute approximate surface area is 205 Å². The molecule has 1 aliphatic heterocycles. The van der Waals surface area contributed by atoms with Gasteiger partial charge in [0.15, 0.2) is 5.96 Å². The highest BCUT2D eigenvalue weighted by atomic mass is 127. The topological polar surface area (TPSA) is 61.8 Å². The van der Waals surface area contributed by atoms with Crippen molar-refractivity contribution in [2.45, 2.75) is 33.3 Å². The number of aliphatic imine (C=N–C) groups is 1. The van der Waals surface area contributed by atoms with E-state index < -0.39 is 0 Å². The van der Waals surface area contributed by atoms with Crippen molar-refractivity contribution in [1.82, 2.24) is 20.5 Å². The summed E-state index contributed by atoms with van der Waals surface area (Å²) in [5.41, 5.74) is 1.09. The molecule has 3 heterocycles. The highest BCUT2D eigenvalue weighted by molar-refractivity contribution is 14.0. The second kappa shape index (κ2) is 12.9. The number of nitrogens with zero attached hydrogens (tertiary/aromatic N) is 3. The molecule has 0 amide bonds. The number of aromatic nitrogens is 1. The SMILES string of the molecule is CN=C(NCCc1ccc(-c2csc(C)n2)s1)NCC1CN(CC(C)C)CCO1.I. The van der Waals surface area contributed by atoms with Gasteiger partial charge in [0.05, 0.1) is 28.3 Å². The number of hydrogen-bond acceptors (Lipinski definition) is 6. The van der Waals surface area contributed by atoms with E-state index >= 15 is 0 Å². The fourth-order valence-electron chi connectivity index (χ4n) is 3.45. The van der Waals surface area contributed by atoms with Crippen LogP contribution in [-0.4, -0.2) is 68.3 Å². The summed E-state index contributed by atoms with van der Waals surface area (Å²) >= 11 is 3.52. The number of ether oxygens (including phenoxy) is 1. The first-order chi connectivity index (χ1) is 14.0. The van der Waals surface area contributed by atoms with E-state index in [0.717, 1.165) is 62.4 Å². The zero-order chi connectivity index (χ0) is 20.6. The van der Waals surface area contributed by atoms with Gasteiger partial charge < -0.3 is 15.4 Å². The van der Waals surface area contributed by atoms with E-state index in [-0.39, 0.29) is 30.1 Å². The number of thiophene rings is 1. The number of morpholine rings is 1. The maximum absolute atomic E-state index is 5.91. The van der Waals surface area contributed by atoms with Crippen molar-refractivity contribution < 1.29 is 4.74 Å². The van der Waals surface area contributed by atoms with E-state index in [1.54, 1.807) is 11.3 Å².